The molecule has 0 radical (unpaired) electrons. The molecule has 2 rings (SSSR count). The van der Waals surface area contributed by atoms with Crippen LogP contribution in [-0.2, 0) is 14.4 Å². The van der Waals surface area contributed by atoms with Gasteiger partial charge in [0, 0.05) is 12.6 Å². The van der Waals surface area contributed by atoms with Crippen LogP contribution in [0.15, 0.2) is 47.5 Å². The van der Waals surface area contributed by atoms with Crippen LogP contribution in [-0.4, -0.2) is 17.5 Å². The molecule has 22 heavy (non-hydrogen) atoms. The molecule has 5 nitrogen and oxygen atoms in total. The van der Waals surface area contributed by atoms with Gasteiger partial charge in [0.05, 0.1) is 0 Å². The summed E-state index contributed by atoms with van der Waals surface area (Å²) in [4.78, 5) is 33.3. The van der Waals surface area contributed by atoms with Crippen LogP contribution in [0, 0.1) is 0 Å². The van der Waals surface area contributed by atoms with Gasteiger partial charge in [-0.15, -0.1) is 0 Å². The molecule has 8 heteroatoms. The second-order valence-corrected chi connectivity index (χ2v) is 4.24. The molecule has 0 aliphatic heterocycles. The number of halogens is 3. The Hall–Kier alpha value is -2.90. The Morgan fingerprint density at radius 2 is 1.50 bits per heavy atom. The van der Waals surface area contributed by atoms with Gasteiger partial charge in [-0.05, 0) is 24.3 Å². The Balaban J connectivity index is 2.25. The topological polar surface area (TPSA) is 72.5 Å². The second-order valence-electron chi connectivity index (χ2n) is 4.24. The van der Waals surface area contributed by atoms with E-state index in [-0.39, 0.29) is 11.7 Å². The third kappa shape index (κ3) is 2.90. The number of rotatable bonds is 3. The normalized spacial score (nSPS) is 15.3. The van der Waals surface area contributed by atoms with Crippen LogP contribution >= 0.6 is 0 Å². The highest BCUT2D eigenvalue weighted by Gasteiger charge is 2.38. The van der Waals surface area contributed by atoms with Crippen molar-refractivity contribution in [2.75, 3.05) is 5.32 Å². The smallest absolute Gasteiger partial charge is 0.262 e. The first-order valence-electron chi connectivity index (χ1n) is 5.91. The highest BCUT2D eigenvalue weighted by molar-refractivity contribution is 6.21. The van der Waals surface area contributed by atoms with Crippen LogP contribution in [0.1, 0.15) is 6.92 Å². The van der Waals surface area contributed by atoms with E-state index in [2.05, 4.69) is 5.32 Å². The van der Waals surface area contributed by atoms with Crippen LogP contribution in [0.3, 0.4) is 0 Å². The zero-order valence-electron chi connectivity index (χ0n) is 11.1. The maximum atomic E-state index is 13.5. The highest BCUT2D eigenvalue weighted by atomic mass is 19.2. The molecule has 0 fully saturated rings. The molecule has 0 heterocycles. The van der Waals surface area contributed by atoms with Crippen molar-refractivity contribution in [1.82, 2.24) is 0 Å². The number of carbonyl (C=O) groups excluding carboxylic acids is 3. The van der Waals surface area contributed by atoms with Gasteiger partial charge in [-0.3, -0.25) is 14.4 Å². The summed E-state index contributed by atoms with van der Waals surface area (Å²) in [5, 5.41) is 2.45. The molecule has 1 N–H and O–H groups in total. The van der Waals surface area contributed by atoms with Gasteiger partial charge in [0.2, 0.25) is 29.1 Å². The summed E-state index contributed by atoms with van der Waals surface area (Å²) in [6, 6.07) is 5.24. The molecule has 0 saturated heterocycles. The number of allylic oxidation sites excluding steroid dienone is 3. The van der Waals surface area contributed by atoms with Crippen LogP contribution in [0.4, 0.5) is 18.9 Å². The first-order chi connectivity index (χ1) is 10.3. The van der Waals surface area contributed by atoms with E-state index in [0.29, 0.717) is 5.69 Å². The lowest BCUT2D eigenvalue weighted by Crippen LogP contribution is -2.22. The van der Waals surface area contributed by atoms with Gasteiger partial charge in [0.15, 0.2) is 0 Å². The lowest BCUT2D eigenvalue weighted by Gasteiger charge is -2.13. The van der Waals surface area contributed by atoms with Crippen molar-refractivity contribution in [3.63, 3.8) is 0 Å². The fourth-order valence-corrected chi connectivity index (χ4v) is 1.62. The average Bonchev–Trinajstić information content (AvgIpc) is 2.49. The molecule has 0 saturated carbocycles. The molecule has 1 aromatic rings. The molecule has 1 amide bonds. The number of ketones is 2. The number of carbonyl (C=O) groups is 3. The Bertz CT molecular complexity index is 735. The third-order valence-electron chi connectivity index (χ3n) is 2.59. The summed E-state index contributed by atoms with van der Waals surface area (Å²) in [7, 11) is 0. The van der Waals surface area contributed by atoms with Crippen molar-refractivity contribution in [1.29, 1.82) is 0 Å². The van der Waals surface area contributed by atoms with Gasteiger partial charge in [-0.2, -0.15) is 13.2 Å². The fraction of sp³-hybridized carbons (Fsp3) is 0.0714. The fourth-order valence-electron chi connectivity index (χ4n) is 1.62. The molecule has 114 valence electrons. The van der Waals surface area contributed by atoms with Crippen molar-refractivity contribution >= 4 is 23.2 Å². The molecule has 0 aromatic heterocycles. The second kappa shape index (κ2) is 5.84. The quantitative estimate of drug-likeness (QED) is 0.871. The van der Waals surface area contributed by atoms with E-state index >= 15 is 0 Å². The number of hydrogen-bond acceptors (Lipinski definition) is 4. The Morgan fingerprint density at radius 1 is 0.955 bits per heavy atom. The van der Waals surface area contributed by atoms with Crippen LogP contribution in [0.5, 0.6) is 5.75 Å². The van der Waals surface area contributed by atoms with Crippen molar-refractivity contribution in [2.24, 2.45) is 0 Å². The van der Waals surface area contributed by atoms with Gasteiger partial charge in [0.25, 0.3) is 11.6 Å². The van der Waals surface area contributed by atoms with Gasteiger partial charge < -0.3 is 10.1 Å². The van der Waals surface area contributed by atoms with E-state index in [9.17, 15) is 27.6 Å². The summed E-state index contributed by atoms with van der Waals surface area (Å²) in [6.45, 7) is 1.29. The van der Waals surface area contributed by atoms with Crippen LogP contribution < -0.4 is 10.1 Å². The molecule has 1 aliphatic carbocycles. The zero-order valence-corrected chi connectivity index (χ0v) is 11.1. The standard InChI is InChI=1S/C14H8F3NO4/c1-6(19)18-7-2-4-8(5-3-7)22-14-11(17)12(20)9(15)10(16)13(14)21/h2-5H,1H3,(H,18,19). The molecule has 0 atom stereocenters. The van der Waals surface area contributed by atoms with E-state index in [1.165, 1.54) is 31.2 Å². The number of benzene rings is 1. The van der Waals surface area contributed by atoms with E-state index in [4.69, 9.17) is 4.74 Å². The van der Waals surface area contributed by atoms with Gasteiger partial charge in [0.1, 0.15) is 5.75 Å². The van der Waals surface area contributed by atoms with Crippen molar-refractivity contribution in [3.8, 4) is 5.75 Å². The number of nitrogens with one attached hydrogen (secondary N) is 1. The largest absolute Gasteiger partial charge is 0.450 e. The molecular weight excluding hydrogens is 303 g/mol. The third-order valence-corrected chi connectivity index (χ3v) is 2.59. The maximum Gasteiger partial charge on any atom is 0.262 e. The Labute approximate surface area is 122 Å². The van der Waals surface area contributed by atoms with Crippen molar-refractivity contribution in [2.45, 2.75) is 6.92 Å². The number of anilines is 1. The van der Waals surface area contributed by atoms with Crippen molar-refractivity contribution < 1.29 is 32.3 Å². The highest BCUT2D eigenvalue weighted by Crippen LogP contribution is 2.29. The number of amides is 1. The molecule has 1 aromatic carbocycles. The van der Waals surface area contributed by atoms with Crippen LogP contribution in [0.25, 0.3) is 0 Å². The summed E-state index contributed by atoms with van der Waals surface area (Å²) in [5.74, 6) is -11.1. The predicted molar refractivity (Wildman–Crippen MR) is 68.8 cm³/mol. The van der Waals surface area contributed by atoms with Crippen LogP contribution in [0.2, 0.25) is 0 Å². The summed E-state index contributed by atoms with van der Waals surface area (Å²) in [6.07, 6.45) is 0. The lowest BCUT2D eigenvalue weighted by atomic mass is 10.1. The first-order valence-corrected chi connectivity index (χ1v) is 5.91. The number of ether oxygens (including phenoxy) is 1. The predicted octanol–water partition coefficient (Wildman–Crippen LogP) is 2.51. The van der Waals surface area contributed by atoms with E-state index in [1.54, 1.807) is 0 Å². The molecule has 1 aliphatic rings. The zero-order chi connectivity index (χ0) is 16.4. The van der Waals surface area contributed by atoms with Gasteiger partial charge >= 0.3 is 0 Å². The monoisotopic (exact) mass is 311 g/mol. The molecule has 0 unspecified atom stereocenters. The van der Waals surface area contributed by atoms with E-state index in [1.807, 2.05) is 0 Å². The minimum atomic E-state index is -2.09. The number of hydrogen-bond donors (Lipinski definition) is 1. The van der Waals surface area contributed by atoms with E-state index in [0.717, 1.165) is 0 Å². The Kier molecular flexibility index (Phi) is 4.11. The van der Waals surface area contributed by atoms with Gasteiger partial charge in [-0.25, -0.2) is 0 Å². The summed E-state index contributed by atoms with van der Waals surface area (Å²) < 4.78 is 44.4. The summed E-state index contributed by atoms with van der Waals surface area (Å²) in [5.41, 5.74) is 0.400. The Morgan fingerprint density at radius 3 is 2.05 bits per heavy atom. The molecular formula is C14H8F3NO4. The lowest BCUT2D eigenvalue weighted by molar-refractivity contribution is -0.121. The minimum absolute atomic E-state index is 0.101. The maximum absolute atomic E-state index is 13.5. The average molecular weight is 311 g/mol. The van der Waals surface area contributed by atoms with E-state index < -0.39 is 34.8 Å². The molecule has 0 bridgehead atoms. The van der Waals surface area contributed by atoms with Crippen molar-refractivity contribution in [3.05, 3.63) is 47.5 Å². The SMILES string of the molecule is CC(=O)Nc1ccc(OC2=C(F)C(=O)C(F)=C(F)C2=O)cc1. The summed E-state index contributed by atoms with van der Waals surface area (Å²) >= 11 is 0. The molecule has 0 spiro atoms. The number of Topliss-reactive ketones (excluding diaryl/α,β-unsaturated/α-hetero) is 2. The minimum Gasteiger partial charge on any atom is -0.450 e. The first kappa shape index (κ1) is 15.5. The van der Waals surface area contributed by atoms with Gasteiger partial charge in [-0.1, -0.05) is 0 Å².